The molecule has 1 fully saturated rings. The van der Waals surface area contributed by atoms with Gasteiger partial charge in [-0.25, -0.2) is 9.59 Å². The average molecular weight is 269 g/mol. The summed E-state index contributed by atoms with van der Waals surface area (Å²) >= 11 is 0. The largest absolute Gasteiger partial charge is 0.480 e. The van der Waals surface area contributed by atoms with Gasteiger partial charge in [0.1, 0.15) is 6.04 Å². The first-order valence-corrected chi connectivity index (χ1v) is 6.26. The number of nitrogens with zero attached hydrogens (tertiary/aromatic N) is 3. The fourth-order valence-corrected chi connectivity index (χ4v) is 2.12. The first-order chi connectivity index (χ1) is 9.11. The SMILES string of the molecule is COCCN(CCC#N)C(=O)N1CCCC1C(=O)O. The summed E-state index contributed by atoms with van der Waals surface area (Å²) in [5, 5.41) is 17.7. The Morgan fingerprint density at radius 2 is 2.26 bits per heavy atom. The lowest BCUT2D eigenvalue weighted by Crippen LogP contribution is -2.49. The molecule has 0 aliphatic carbocycles. The minimum Gasteiger partial charge on any atom is -0.480 e. The van der Waals surface area contributed by atoms with Crippen molar-refractivity contribution < 1.29 is 19.4 Å². The van der Waals surface area contributed by atoms with Crippen LogP contribution >= 0.6 is 0 Å². The number of amides is 2. The van der Waals surface area contributed by atoms with Gasteiger partial charge in [0.25, 0.3) is 0 Å². The van der Waals surface area contributed by atoms with Crippen LogP contribution in [0.4, 0.5) is 4.79 Å². The Morgan fingerprint density at radius 1 is 1.53 bits per heavy atom. The number of hydrogen-bond acceptors (Lipinski definition) is 4. The van der Waals surface area contributed by atoms with Crippen LogP contribution in [0, 0.1) is 11.3 Å². The molecule has 1 aliphatic rings. The molecule has 1 saturated heterocycles. The van der Waals surface area contributed by atoms with Crippen LogP contribution in [-0.4, -0.2) is 66.3 Å². The van der Waals surface area contributed by atoms with Gasteiger partial charge in [-0.2, -0.15) is 5.26 Å². The minimum absolute atomic E-state index is 0.223. The van der Waals surface area contributed by atoms with E-state index in [0.29, 0.717) is 39.1 Å². The Kier molecular flexibility index (Phi) is 6.09. The Morgan fingerprint density at radius 3 is 2.84 bits per heavy atom. The summed E-state index contributed by atoms with van der Waals surface area (Å²) in [7, 11) is 1.53. The van der Waals surface area contributed by atoms with Crippen molar-refractivity contribution in [1.29, 1.82) is 5.26 Å². The number of ether oxygens (including phenoxy) is 1. The summed E-state index contributed by atoms with van der Waals surface area (Å²) < 4.78 is 4.93. The zero-order valence-electron chi connectivity index (χ0n) is 11.0. The fourth-order valence-electron chi connectivity index (χ4n) is 2.12. The van der Waals surface area contributed by atoms with E-state index in [2.05, 4.69) is 0 Å². The molecule has 0 bridgehead atoms. The molecule has 106 valence electrons. The van der Waals surface area contributed by atoms with Crippen LogP contribution in [0.15, 0.2) is 0 Å². The first kappa shape index (κ1) is 15.2. The van der Waals surface area contributed by atoms with E-state index in [-0.39, 0.29) is 12.5 Å². The third-order valence-electron chi connectivity index (χ3n) is 3.11. The Labute approximate surface area is 112 Å². The number of rotatable bonds is 6. The highest BCUT2D eigenvalue weighted by atomic mass is 16.5. The molecule has 7 heteroatoms. The number of methoxy groups -OCH3 is 1. The van der Waals surface area contributed by atoms with Crippen LogP contribution in [-0.2, 0) is 9.53 Å². The zero-order chi connectivity index (χ0) is 14.3. The van der Waals surface area contributed by atoms with Gasteiger partial charge in [-0.15, -0.1) is 0 Å². The van der Waals surface area contributed by atoms with Crippen LogP contribution in [0.3, 0.4) is 0 Å². The number of urea groups is 1. The highest BCUT2D eigenvalue weighted by molar-refractivity contribution is 5.83. The second-order valence-corrected chi connectivity index (χ2v) is 4.36. The van der Waals surface area contributed by atoms with Crippen LogP contribution in [0.2, 0.25) is 0 Å². The Bertz CT molecular complexity index is 366. The van der Waals surface area contributed by atoms with Crippen molar-refractivity contribution in [3.63, 3.8) is 0 Å². The molecule has 1 unspecified atom stereocenters. The summed E-state index contributed by atoms with van der Waals surface area (Å²) in [5.41, 5.74) is 0. The number of carboxylic acids is 1. The van der Waals surface area contributed by atoms with Gasteiger partial charge in [-0.3, -0.25) is 0 Å². The molecule has 2 amide bonds. The van der Waals surface area contributed by atoms with Crippen LogP contribution in [0.5, 0.6) is 0 Å². The molecule has 0 spiro atoms. The van der Waals surface area contributed by atoms with E-state index in [0.717, 1.165) is 0 Å². The van der Waals surface area contributed by atoms with E-state index in [1.807, 2.05) is 6.07 Å². The standard InChI is InChI=1S/C12H19N3O4/c1-19-9-8-14(6-3-5-13)12(18)15-7-2-4-10(15)11(16)17/h10H,2-4,6-9H2,1H3,(H,16,17). The number of nitriles is 1. The summed E-state index contributed by atoms with van der Waals surface area (Å²) in [6.45, 7) is 1.47. The van der Waals surface area contributed by atoms with Gasteiger partial charge in [0.05, 0.1) is 19.1 Å². The van der Waals surface area contributed by atoms with Gasteiger partial charge < -0.3 is 19.6 Å². The van der Waals surface area contributed by atoms with Gasteiger partial charge in [0.2, 0.25) is 0 Å². The number of carbonyl (C=O) groups excluding carboxylic acids is 1. The summed E-state index contributed by atoms with van der Waals surface area (Å²) in [6.07, 6.45) is 1.40. The molecule has 0 aromatic carbocycles. The van der Waals surface area contributed by atoms with E-state index in [4.69, 9.17) is 15.1 Å². The normalized spacial score (nSPS) is 18.1. The Hall–Kier alpha value is -1.81. The minimum atomic E-state index is -0.974. The monoisotopic (exact) mass is 269 g/mol. The third kappa shape index (κ3) is 4.10. The second-order valence-electron chi connectivity index (χ2n) is 4.36. The van der Waals surface area contributed by atoms with Crippen LogP contribution in [0.1, 0.15) is 19.3 Å². The summed E-state index contributed by atoms with van der Waals surface area (Å²) in [4.78, 5) is 26.2. The molecular weight excluding hydrogens is 250 g/mol. The highest BCUT2D eigenvalue weighted by Crippen LogP contribution is 2.19. The number of carboxylic acid groups (broad SMARTS) is 1. The average Bonchev–Trinajstić information content (AvgIpc) is 2.87. The van der Waals surface area contributed by atoms with E-state index in [1.54, 1.807) is 0 Å². The van der Waals surface area contributed by atoms with Crippen LogP contribution < -0.4 is 0 Å². The molecule has 0 aromatic rings. The van der Waals surface area contributed by atoms with E-state index < -0.39 is 12.0 Å². The number of hydrogen-bond donors (Lipinski definition) is 1. The van der Waals surface area contributed by atoms with Gasteiger partial charge in [-0.05, 0) is 12.8 Å². The number of likely N-dealkylation sites (tertiary alicyclic amines) is 1. The van der Waals surface area contributed by atoms with Crippen molar-refractivity contribution in [3.8, 4) is 6.07 Å². The first-order valence-electron chi connectivity index (χ1n) is 6.26. The van der Waals surface area contributed by atoms with Crippen molar-refractivity contribution in [2.24, 2.45) is 0 Å². The van der Waals surface area contributed by atoms with E-state index in [9.17, 15) is 9.59 Å². The van der Waals surface area contributed by atoms with Gasteiger partial charge in [-0.1, -0.05) is 0 Å². The zero-order valence-corrected chi connectivity index (χ0v) is 11.0. The van der Waals surface area contributed by atoms with Crippen molar-refractivity contribution in [3.05, 3.63) is 0 Å². The molecule has 1 atom stereocenters. The van der Waals surface area contributed by atoms with Crippen molar-refractivity contribution >= 4 is 12.0 Å². The fraction of sp³-hybridized carbons (Fsp3) is 0.750. The molecule has 0 radical (unpaired) electrons. The lowest BCUT2D eigenvalue weighted by molar-refractivity contribution is -0.141. The lowest BCUT2D eigenvalue weighted by Gasteiger charge is -2.29. The van der Waals surface area contributed by atoms with E-state index >= 15 is 0 Å². The third-order valence-corrected chi connectivity index (χ3v) is 3.11. The molecule has 7 nitrogen and oxygen atoms in total. The summed E-state index contributed by atoms with van der Waals surface area (Å²) in [5.74, 6) is -0.974. The predicted molar refractivity (Wildman–Crippen MR) is 66.4 cm³/mol. The number of carbonyl (C=O) groups is 2. The van der Waals surface area contributed by atoms with Crippen molar-refractivity contribution in [1.82, 2.24) is 9.80 Å². The molecule has 19 heavy (non-hydrogen) atoms. The molecule has 1 aliphatic heterocycles. The van der Waals surface area contributed by atoms with Crippen LogP contribution in [0.25, 0.3) is 0 Å². The smallest absolute Gasteiger partial charge is 0.326 e. The van der Waals surface area contributed by atoms with Gasteiger partial charge >= 0.3 is 12.0 Å². The van der Waals surface area contributed by atoms with Gasteiger partial charge in [0, 0.05) is 26.7 Å². The molecule has 1 N–H and O–H groups in total. The molecule has 1 rings (SSSR count). The lowest BCUT2D eigenvalue weighted by atomic mass is 10.2. The van der Waals surface area contributed by atoms with E-state index in [1.165, 1.54) is 16.9 Å². The molecule has 1 heterocycles. The topological polar surface area (TPSA) is 93.9 Å². The van der Waals surface area contributed by atoms with Crippen molar-refractivity contribution in [2.45, 2.75) is 25.3 Å². The maximum Gasteiger partial charge on any atom is 0.326 e. The molecule has 0 aromatic heterocycles. The highest BCUT2D eigenvalue weighted by Gasteiger charge is 2.35. The Balaban J connectivity index is 2.68. The maximum absolute atomic E-state index is 12.3. The summed E-state index contributed by atoms with van der Waals surface area (Å²) in [6, 6.07) is 0.912. The second kappa shape index (κ2) is 7.59. The quantitative estimate of drug-likeness (QED) is 0.758. The predicted octanol–water partition coefficient (Wildman–Crippen LogP) is 0.517. The maximum atomic E-state index is 12.3. The van der Waals surface area contributed by atoms with Crippen molar-refractivity contribution in [2.75, 3.05) is 33.4 Å². The number of aliphatic carboxylic acids is 1. The molecular formula is C12H19N3O4. The molecule has 0 saturated carbocycles. The van der Waals surface area contributed by atoms with Gasteiger partial charge in [0.15, 0.2) is 0 Å².